The lowest BCUT2D eigenvalue weighted by atomic mass is 10.2. The first kappa shape index (κ1) is 16.1. The summed E-state index contributed by atoms with van der Waals surface area (Å²) in [4.78, 5) is 0. The van der Waals surface area contributed by atoms with Crippen LogP contribution in [-0.2, 0) is 0 Å². The van der Waals surface area contributed by atoms with Crippen LogP contribution >= 0.6 is 0 Å². The van der Waals surface area contributed by atoms with Gasteiger partial charge in [-0.2, -0.15) is 5.10 Å². The van der Waals surface area contributed by atoms with Crippen molar-refractivity contribution in [3.63, 3.8) is 0 Å². The summed E-state index contributed by atoms with van der Waals surface area (Å²) < 4.78 is 20.1. The van der Waals surface area contributed by atoms with E-state index in [0.717, 1.165) is 0 Å². The van der Waals surface area contributed by atoms with Gasteiger partial charge in [-0.3, -0.25) is 0 Å². The molecular weight excluding hydrogens is 304 g/mol. The number of nitrogens with zero attached hydrogens (tertiary/aromatic N) is 4. The lowest BCUT2D eigenvalue weighted by Crippen LogP contribution is -2.15. The highest BCUT2D eigenvalue weighted by atomic mass is 16.6. The van der Waals surface area contributed by atoms with E-state index in [-0.39, 0.29) is 17.3 Å². The molecule has 1 aromatic carbocycles. The molecule has 0 bridgehead atoms. The van der Waals surface area contributed by atoms with E-state index in [0.29, 0.717) is 22.8 Å². The summed E-state index contributed by atoms with van der Waals surface area (Å²) in [6.45, 7) is 0. The SMILES string of the molecule is COc1cc(OC)c(OC)cc1/C=N/N=C(\N)c1nonc1N. The van der Waals surface area contributed by atoms with Crippen LogP contribution in [0.25, 0.3) is 0 Å². The van der Waals surface area contributed by atoms with Gasteiger partial charge in [0, 0.05) is 11.6 Å². The molecule has 2 rings (SSSR count). The molecule has 0 amide bonds. The second-order valence-electron chi connectivity index (χ2n) is 4.18. The average Bonchev–Trinajstić information content (AvgIpc) is 3.00. The summed E-state index contributed by atoms with van der Waals surface area (Å²) in [6.07, 6.45) is 1.44. The quantitative estimate of drug-likeness (QED) is 0.442. The maximum absolute atomic E-state index is 5.69. The highest BCUT2D eigenvalue weighted by molar-refractivity contribution is 5.99. The topological polar surface area (TPSA) is 143 Å². The number of ether oxygens (including phenoxy) is 3. The molecule has 0 atom stereocenters. The van der Waals surface area contributed by atoms with E-state index in [1.54, 1.807) is 12.1 Å². The van der Waals surface area contributed by atoms with Gasteiger partial charge in [0.05, 0.1) is 27.5 Å². The van der Waals surface area contributed by atoms with Crippen LogP contribution in [0, 0.1) is 0 Å². The van der Waals surface area contributed by atoms with Crippen LogP contribution in [0.1, 0.15) is 11.3 Å². The van der Waals surface area contributed by atoms with Gasteiger partial charge in [0.2, 0.25) is 0 Å². The van der Waals surface area contributed by atoms with Crippen molar-refractivity contribution in [2.75, 3.05) is 27.1 Å². The number of methoxy groups -OCH3 is 3. The lowest BCUT2D eigenvalue weighted by molar-refractivity contribution is 0.308. The fourth-order valence-electron chi connectivity index (χ4n) is 1.73. The molecule has 0 saturated carbocycles. The van der Waals surface area contributed by atoms with Crippen molar-refractivity contribution in [1.29, 1.82) is 0 Å². The molecule has 0 spiro atoms. The summed E-state index contributed by atoms with van der Waals surface area (Å²) >= 11 is 0. The molecule has 122 valence electrons. The molecule has 0 radical (unpaired) electrons. The van der Waals surface area contributed by atoms with Gasteiger partial charge in [-0.1, -0.05) is 0 Å². The van der Waals surface area contributed by atoms with Crippen molar-refractivity contribution in [1.82, 2.24) is 10.3 Å². The van der Waals surface area contributed by atoms with Gasteiger partial charge in [-0.25, -0.2) is 4.63 Å². The summed E-state index contributed by atoms with van der Waals surface area (Å²) in [5.74, 6) is 1.59. The molecule has 0 aliphatic carbocycles. The predicted octanol–water partition coefficient (Wildman–Crippen LogP) is 0.417. The predicted molar refractivity (Wildman–Crippen MR) is 83.1 cm³/mol. The number of hydrogen-bond acceptors (Lipinski definition) is 9. The molecule has 2 aromatic rings. The molecule has 23 heavy (non-hydrogen) atoms. The number of amidine groups is 1. The first-order valence-electron chi connectivity index (χ1n) is 6.35. The number of nitrogens with two attached hydrogens (primary N) is 2. The Bertz CT molecular complexity index is 740. The van der Waals surface area contributed by atoms with Crippen LogP contribution in [0.2, 0.25) is 0 Å². The number of aromatic nitrogens is 2. The van der Waals surface area contributed by atoms with Crippen molar-refractivity contribution in [2.24, 2.45) is 15.9 Å². The third-order valence-corrected chi connectivity index (χ3v) is 2.85. The van der Waals surface area contributed by atoms with Gasteiger partial charge >= 0.3 is 0 Å². The summed E-state index contributed by atoms with van der Waals surface area (Å²) in [6, 6.07) is 3.37. The highest BCUT2D eigenvalue weighted by Crippen LogP contribution is 2.33. The molecule has 0 aliphatic heterocycles. The zero-order chi connectivity index (χ0) is 16.8. The van der Waals surface area contributed by atoms with Crippen molar-refractivity contribution in [2.45, 2.75) is 0 Å². The van der Waals surface area contributed by atoms with Gasteiger partial charge in [0.25, 0.3) is 0 Å². The van der Waals surface area contributed by atoms with Crippen molar-refractivity contribution < 1.29 is 18.8 Å². The number of anilines is 1. The van der Waals surface area contributed by atoms with E-state index in [4.69, 9.17) is 25.7 Å². The Kier molecular flexibility index (Phi) is 4.97. The summed E-state index contributed by atoms with van der Waals surface area (Å²) in [5, 5.41) is 14.6. The Morgan fingerprint density at radius 1 is 1.09 bits per heavy atom. The largest absolute Gasteiger partial charge is 0.496 e. The average molecular weight is 320 g/mol. The number of rotatable bonds is 6. The minimum atomic E-state index is -0.0283. The van der Waals surface area contributed by atoms with Gasteiger partial charge in [0.15, 0.2) is 28.8 Å². The van der Waals surface area contributed by atoms with E-state index >= 15 is 0 Å². The molecule has 10 nitrogen and oxygen atoms in total. The summed E-state index contributed by atoms with van der Waals surface area (Å²) in [5.41, 5.74) is 11.9. The van der Waals surface area contributed by atoms with Crippen molar-refractivity contribution in [3.05, 3.63) is 23.4 Å². The third kappa shape index (κ3) is 3.48. The van der Waals surface area contributed by atoms with Crippen molar-refractivity contribution in [3.8, 4) is 17.2 Å². The Hall–Kier alpha value is -3.30. The van der Waals surface area contributed by atoms with E-state index in [1.807, 2.05) is 0 Å². The molecule has 0 fully saturated rings. The monoisotopic (exact) mass is 320 g/mol. The number of benzene rings is 1. The normalized spacial score (nSPS) is 11.7. The number of nitrogen functional groups attached to an aromatic ring is 1. The fraction of sp³-hybridized carbons (Fsp3) is 0.231. The molecular formula is C13H16N6O4. The van der Waals surface area contributed by atoms with Crippen LogP contribution in [0.4, 0.5) is 5.82 Å². The second kappa shape index (κ2) is 7.11. The van der Waals surface area contributed by atoms with E-state index in [9.17, 15) is 0 Å². The molecule has 4 N–H and O–H groups in total. The van der Waals surface area contributed by atoms with Gasteiger partial charge in [-0.15, -0.1) is 5.10 Å². The Morgan fingerprint density at radius 3 is 2.30 bits per heavy atom. The lowest BCUT2D eigenvalue weighted by Gasteiger charge is -2.11. The minimum absolute atomic E-state index is 0.0283. The molecule has 1 heterocycles. The van der Waals surface area contributed by atoms with Crippen LogP contribution in [0.3, 0.4) is 0 Å². The zero-order valence-corrected chi connectivity index (χ0v) is 12.8. The van der Waals surface area contributed by atoms with Gasteiger partial charge in [0.1, 0.15) is 5.75 Å². The molecule has 1 aromatic heterocycles. The third-order valence-electron chi connectivity index (χ3n) is 2.85. The van der Waals surface area contributed by atoms with E-state index in [1.165, 1.54) is 27.5 Å². The molecule has 10 heteroatoms. The first-order chi connectivity index (χ1) is 11.1. The Morgan fingerprint density at radius 2 is 1.74 bits per heavy atom. The van der Waals surface area contributed by atoms with Crippen LogP contribution in [0.5, 0.6) is 17.2 Å². The Labute approximate surface area is 131 Å². The maximum Gasteiger partial charge on any atom is 0.199 e. The molecule has 0 saturated heterocycles. The second-order valence-corrected chi connectivity index (χ2v) is 4.18. The van der Waals surface area contributed by atoms with Crippen LogP contribution < -0.4 is 25.7 Å². The van der Waals surface area contributed by atoms with E-state index < -0.39 is 0 Å². The fourth-order valence-corrected chi connectivity index (χ4v) is 1.73. The standard InChI is InChI=1S/C13H16N6O4/c1-20-8-5-10(22-3)9(21-2)4-7(8)6-16-17-12(14)11-13(15)19-23-18-11/h4-6H,1-3H3,(H2,14,17)(H2,15,19)/b16-6+. The number of hydrogen-bond donors (Lipinski definition) is 2. The smallest absolute Gasteiger partial charge is 0.199 e. The molecule has 0 unspecified atom stereocenters. The van der Waals surface area contributed by atoms with Gasteiger partial charge < -0.3 is 25.7 Å². The summed E-state index contributed by atoms with van der Waals surface area (Å²) in [7, 11) is 4.59. The maximum atomic E-state index is 5.69. The zero-order valence-electron chi connectivity index (χ0n) is 12.8. The first-order valence-corrected chi connectivity index (χ1v) is 6.35. The Balaban J connectivity index is 2.30. The van der Waals surface area contributed by atoms with Crippen molar-refractivity contribution >= 4 is 17.9 Å². The van der Waals surface area contributed by atoms with E-state index in [2.05, 4.69) is 25.1 Å². The highest BCUT2D eigenvalue weighted by Gasteiger charge is 2.11. The molecule has 0 aliphatic rings. The van der Waals surface area contributed by atoms with Crippen LogP contribution in [0.15, 0.2) is 27.0 Å². The van der Waals surface area contributed by atoms with Crippen LogP contribution in [-0.4, -0.2) is 43.7 Å². The van der Waals surface area contributed by atoms with Gasteiger partial charge in [-0.05, 0) is 16.4 Å². The minimum Gasteiger partial charge on any atom is -0.496 e.